The van der Waals surface area contributed by atoms with Crippen molar-refractivity contribution in [1.82, 2.24) is 20.1 Å². The van der Waals surface area contributed by atoms with E-state index in [4.69, 9.17) is 23.2 Å². The van der Waals surface area contributed by atoms with Gasteiger partial charge in [-0.05, 0) is 42.8 Å². The molecular weight excluding hydrogens is 523 g/mol. The zero-order chi connectivity index (χ0) is 25.7. The fourth-order valence-corrected chi connectivity index (χ4v) is 4.73. The number of nitrogens with one attached hydrogen (secondary N) is 2. The molecule has 0 unspecified atom stereocenters. The van der Waals surface area contributed by atoms with E-state index < -0.39 is 11.0 Å². The maximum atomic E-state index is 12.5. The Morgan fingerprint density at radius 3 is 2.56 bits per heavy atom. The van der Waals surface area contributed by atoms with Crippen LogP contribution in [0.2, 0.25) is 10.0 Å². The topological polar surface area (TPSA) is 115 Å². The summed E-state index contributed by atoms with van der Waals surface area (Å²) in [5, 5.41) is 26.4. The Morgan fingerprint density at radius 1 is 1.08 bits per heavy atom. The molecule has 0 atom stereocenters. The quantitative estimate of drug-likeness (QED) is 0.151. The van der Waals surface area contributed by atoms with Crippen molar-refractivity contribution in [1.29, 1.82) is 0 Å². The van der Waals surface area contributed by atoms with Crippen LogP contribution in [0.3, 0.4) is 0 Å². The Balaban J connectivity index is 1.54. The fourth-order valence-electron chi connectivity index (χ4n) is 3.36. The standard InChI is InChI=1S/C24H20Cl2N6O3S/c1-15-3-2-4-16(11-15)14-36-24-30-29-22(31(24)18-6-8-19(9-7-18)32(34)35)13-27-23(33)28-21-10-5-17(25)12-20(21)26/h2-12H,13-14H2,1H3,(H2,27,28,33). The molecule has 0 bridgehead atoms. The van der Waals surface area contributed by atoms with Crippen molar-refractivity contribution >= 4 is 52.4 Å². The highest BCUT2D eigenvalue weighted by molar-refractivity contribution is 7.98. The Kier molecular flexibility index (Phi) is 8.09. The number of hydrogen-bond donors (Lipinski definition) is 2. The predicted molar refractivity (Wildman–Crippen MR) is 141 cm³/mol. The molecule has 1 aromatic heterocycles. The minimum absolute atomic E-state index is 0.0281. The number of benzene rings is 3. The number of nitro groups is 1. The number of non-ortho nitro benzene ring substituents is 1. The SMILES string of the molecule is Cc1cccc(CSc2nnc(CNC(=O)Nc3ccc(Cl)cc3Cl)n2-c2ccc([N+](=O)[O-])cc2)c1. The highest BCUT2D eigenvalue weighted by Gasteiger charge is 2.17. The molecule has 0 aliphatic rings. The van der Waals surface area contributed by atoms with Gasteiger partial charge in [-0.15, -0.1) is 10.2 Å². The Morgan fingerprint density at radius 2 is 1.86 bits per heavy atom. The number of carbonyl (C=O) groups excluding carboxylic acids is 1. The van der Waals surface area contributed by atoms with E-state index in [0.29, 0.717) is 38.2 Å². The largest absolute Gasteiger partial charge is 0.331 e. The highest BCUT2D eigenvalue weighted by Crippen LogP contribution is 2.27. The summed E-state index contributed by atoms with van der Waals surface area (Å²) in [5.74, 6) is 1.10. The van der Waals surface area contributed by atoms with E-state index in [1.165, 1.54) is 30.0 Å². The number of nitro benzene ring substituents is 1. The van der Waals surface area contributed by atoms with Crippen molar-refractivity contribution in [3.8, 4) is 5.69 Å². The molecule has 0 spiro atoms. The first kappa shape index (κ1) is 25.5. The average molecular weight is 543 g/mol. The van der Waals surface area contributed by atoms with Crippen LogP contribution in [0, 0.1) is 17.0 Å². The number of hydrogen-bond acceptors (Lipinski definition) is 6. The zero-order valence-electron chi connectivity index (χ0n) is 18.9. The molecule has 0 aliphatic heterocycles. The van der Waals surface area contributed by atoms with Crippen LogP contribution in [0.1, 0.15) is 17.0 Å². The van der Waals surface area contributed by atoms with Crippen molar-refractivity contribution in [3.05, 3.63) is 104 Å². The molecule has 184 valence electrons. The lowest BCUT2D eigenvalue weighted by molar-refractivity contribution is -0.384. The number of aromatic nitrogens is 3. The minimum Gasteiger partial charge on any atom is -0.331 e. The molecule has 0 saturated carbocycles. The normalized spacial score (nSPS) is 10.8. The van der Waals surface area contributed by atoms with Gasteiger partial charge in [0, 0.05) is 28.6 Å². The third-order valence-electron chi connectivity index (χ3n) is 5.06. The summed E-state index contributed by atoms with van der Waals surface area (Å²) in [6, 6.07) is 18.5. The Labute approximate surface area is 221 Å². The molecule has 12 heteroatoms. The number of aryl methyl sites for hydroxylation is 1. The maximum Gasteiger partial charge on any atom is 0.319 e. The third-order valence-corrected chi connectivity index (χ3v) is 6.60. The second-order valence-electron chi connectivity index (χ2n) is 7.72. The summed E-state index contributed by atoms with van der Waals surface area (Å²) in [5.41, 5.74) is 3.29. The summed E-state index contributed by atoms with van der Waals surface area (Å²) < 4.78 is 1.76. The minimum atomic E-state index is -0.494. The molecule has 4 rings (SSSR count). The van der Waals surface area contributed by atoms with Gasteiger partial charge < -0.3 is 10.6 Å². The number of nitrogens with zero attached hydrogens (tertiary/aromatic N) is 4. The van der Waals surface area contributed by atoms with Crippen LogP contribution < -0.4 is 10.6 Å². The van der Waals surface area contributed by atoms with Crippen molar-refractivity contribution in [2.24, 2.45) is 0 Å². The van der Waals surface area contributed by atoms with E-state index in [-0.39, 0.29) is 12.2 Å². The summed E-state index contributed by atoms with van der Waals surface area (Å²) in [6.45, 7) is 2.08. The molecule has 0 saturated heterocycles. The molecule has 4 aromatic rings. The van der Waals surface area contributed by atoms with Crippen molar-refractivity contribution < 1.29 is 9.72 Å². The first-order valence-electron chi connectivity index (χ1n) is 10.7. The van der Waals surface area contributed by atoms with E-state index in [1.54, 1.807) is 28.8 Å². The Bertz CT molecular complexity index is 1410. The third kappa shape index (κ3) is 6.34. The van der Waals surface area contributed by atoms with Gasteiger partial charge in [0.2, 0.25) is 0 Å². The van der Waals surface area contributed by atoms with E-state index >= 15 is 0 Å². The van der Waals surface area contributed by atoms with Crippen molar-refractivity contribution in [3.63, 3.8) is 0 Å². The number of amides is 2. The van der Waals surface area contributed by atoms with Crippen molar-refractivity contribution in [2.75, 3.05) is 5.32 Å². The molecule has 2 amide bonds. The predicted octanol–water partition coefficient (Wildman–Crippen LogP) is 6.40. The molecule has 2 N–H and O–H groups in total. The molecule has 9 nitrogen and oxygen atoms in total. The van der Waals surface area contributed by atoms with Crippen LogP contribution in [-0.2, 0) is 12.3 Å². The van der Waals surface area contributed by atoms with E-state index in [2.05, 4.69) is 26.9 Å². The van der Waals surface area contributed by atoms with Gasteiger partial charge in [0.05, 0.1) is 22.2 Å². The van der Waals surface area contributed by atoms with E-state index in [1.807, 2.05) is 25.1 Å². The van der Waals surface area contributed by atoms with Gasteiger partial charge in [0.15, 0.2) is 11.0 Å². The first-order valence-corrected chi connectivity index (χ1v) is 12.4. The zero-order valence-corrected chi connectivity index (χ0v) is 21.3. The van der Waals surface area contributed by atoms with Gasteiger partial charge in [-0.25, -0.2) is 4.79 Å². The fraction of sp³-hybridized carbons (Fsp3) is 0.125. The van der Waals surface area contributed by atoms with Gasteiger partial charge in [-0.3, -0.25) is 14.7 Å². The Hall–Kier alpha value is -3.60. The smallest absolute Gasteiger partial charge is 0.319 e. The van der Waals surface area contributed by atoms with Gasteiger partial charge >= 0.3 is 6.03 Å². The van der Waals surface area contributed by atoms with Crippen LogP contribution in [0.15, 0.2) is 71.9 Å². The number of urea groups is 1. The monoisotopic (exact) mass is 542 g/mol. The van der Waals surface area contributed by atoms with E-state index in [0.717, 1.165) is 11.1 Å². The molecule has 36 heavy (non-hydrogen) atoms. The van der Waals surface area contributed by atoms with Crippen LogP contribution in [-0.4, -0.2) is 25.7 Å². The second kappa shape index (κ2) is 11.4. The summed E-state index contributed by atoms with van der Waals surface area (Å²) >= 11 is 13.5. The number of anilines is 1. The molecular formula is C24H20Cl2N6O3S. The highest BCUT2D eigenvalue weighted by atomic mass is 35.5. The lowest BCUT2D eigenvalue weighted by atomic mass is 10.2. The van der Waals surface area contributed by atoms with Gasteiger partial charge in [-0.1, -0.05) is 64.8 Å². The van der Waals surface area contributed by atoms with Gasteiger partial charge in [0.1, 0.15) is 0 Å². The van der Waals surface area contributed by atoms with Gasteiger partial charge in [-0.2, -0.15) is 0 Å². The molecule has 0 fully saturated rings. The van der Waals surface area contributed by atoms with Gasteiger partial charge in [0.25, 0.3) is 5.69 Å². The number of carbonyl (C=O) groups is 1. The molecule has 0 radical (unpaired) electrons. The van der Waals surface area contributed by atoms with Crippen LogP contribution in [0.5, 0.6) is 0 Å². The average Bonchev–Trinajstić information content (AvgIpc) is 3.26. The van der Waals surface area contributed by atoms with E-state index in [9.17, 15) is 14.9 Å². The maximum absolute atomic E-state index is 12.5. The summed E-state index contributed by atoms with van der Waals surface area (Å²) in [7, 11) is 0. The summed E-state index contributed by atoms with van der Waals surface area (Å²) in [6.07, 6.45) is 0. The second-order valence-corrected chi connectivity index (χ2v) is 9.50. The van der Waals surface area contributed by atoms with Crippen LogP contribution >= 0.6 is 35.0 Å². The van der Waals surface area contributed by atoms with Crippen molar-refractivity contribution in [2.45, 2.75) is 24.4 Å². The first-order chi connectivity index (χ1) is 17.3. The lowest BCUT2D eigenvalue weighted by Crippen LogP contribution is -2.29. The molecule has 0 aliphatic carbocycles. The lowest BCUT2D eigenvalue weighted by Gasteiger charge is -2.12. The van der Waals surface area contributed by atoms with Crippen LogP contribution in [0.25, 0.3) is 5.69 Å². The number of thioether (sulfide) groups is 1. The molecule has 3 aromatic carbocycles. The molecule has 1 heterocycles. The number of halogens is 2. The summed E-state index contributed by atoms with van der Waals surface area (Å²) in [4.78, 5) is 23.1. The van der Waals surface area contributed by atoms with Crippen LogP contribution in [0.4, 0.5) is 16.2 Å². The number of rotatable bonds is 8.